The monoisotopic (exact) mass is 308 g/mol. The van der Waals surface area contributed by atoms with Gasteiger partial charge in [-0.15, -0.1) is 11.6 Å². The predicted octanol–water partition coefficient (Wildman–Crippen LogP) is 4.42. The van der Waals surface area contributed by atoms with Crippen LogP contribution in [0.5, 0.6) is 0 Å². The second-order valence-electron chi connectivity index (χ2n) is 5.00. The lowest BCUT2D eigenvalue weighted by atomic mass is 10.2. The molecule has 122 valence electrons. The topological polar surface area (TPSA) is 27.7 Å². The third-order valence-corrected chi connectivity index (χ3v) is 3.33. The van der Waals surface area contributed by atoms with Crippen LogP contribution in [0, 0.1) is 0 Å². The summed E-state index contributed by atoms with van der Waals surface area (Å²) in [4.78, 5) is 0. The third-order valence-electron chi connectivity index (χ3n) is 3.06. The van der Waals surface area contributed by atoms with Crippen LogP contribution in [-0.2, 0) is 14.2 Å². The van der Waals surface area contributed by atoms with Gasteiger partial charge in [0.15, 0.2) is 0 Å². The van der Waals surface area contributed by atoms with Gasteiger partial charge in [-0.2, -0.15) is 0 Å². The summed E-state index contributed by atoms with van der Waals surface area (Å²) < 4.78 is 16.4. The van der Waals surface area contributed by atoms with Crippen LogP contribution in [0.15, 0.2) is 0 Å². The molecular formula is C16H33ClO3. The van der Waals surface area contributed by atoms with Gasteiger partial charge in [-0.05, 0) is 19.3 Å². The Bertz CT molecular complexity index is 150. The Labute approximate surface area is 130 Å². The summed E-state index contributed by atoms with van der Waals surface area (Å²) in [5.41, 5.74) is 0. The Hall–Kier alpha value is 0.170. The third kappa shape index (κ3) is 18.2. The zero-order chi connectivity index (χ0) is 14.7. The van der Waals surface area contributed by atoms with Gasteiger partial charge in [-0.25, -0.2) is 0 Å². The smallest absolute Gasteiger partial charge is 0.0701 e. The Morgan fingerprint density at radius 3 is 1.50 bits per heavy atom. The minimum absolute atomic E-state index is 0.668. The van der Waals surface area contributed by atoms with Crippen molar-refractivity contribution in [2.45, 2.75) is 58.3 Å². The fourth-order valence-corrected chi connectivity index (χ4v) is 2.01. The predicted molar refractivity (Wildman–Crippen MR) is 85.8 cm³/mol. The van der Waals surface area contributed by atoms with Gasteiger partial charge in [0.05, 0.1) is 26.4 Å². The fourth-order valence-electron chi connectivity index (χ4n) is 1.82. The van der Waals surface area contributed by atoms with Gasteiger partial charge >= 0.3 is 0 Å². The minimum Gasteiger partial charge on any atom is -0.379 e. The van der Waals surface area contributed by atoms with Gasteiger partial charge in [-0.1, -0.05) is 39.0 Å². The van der Waals surface area contributed by atoms with E-state index >= 15 is 0 Å². The summed E-state index contributed by atoms with van der Waals surface area (Å²) >= 11 is 5.61. The number of ether oxygens (including phenoxy) is 3. The summed E-state index contributed by atoms with van der Waals surface area (Å²) in [5, 5.41) is 0. The summed E-state index contributed by atoms with van der Waals surface area (Å²) in [6.45, 7) is 6.64. The van der Waals surface area contributed by atoms with E-state index in [4.69, 9.17) is 25.8 Å². The molecule has 0 aromatic rings. The molecule has 0 N–H and O–H groups in total. The molecule has 3 nitrogen and oxygen atoms in total. The Morgan fingerprint density at radius 1 is 0.550 bits per heavy atom. The van der Waals surface area contributed by atoms with E-state index < -0.39 is 0 Å². The van der Waals surface area contributed by atoms with E-state index in [1.807, 2.05) is 0 Å². The van der Waals surface area contributed by atoms with Crippen LogP contribution in [0.2, 0.25) is 0 Å². The zero-order valence-electron chi connectivity index (χ0n) is 13.2. The van der Waals surface area contributed by atoms with Gasteiger partial charge in [0.25, 0.3) is 0 Å². The van der Waals surface area contributed by atoms with Crippen LogP contribution < -0.4 is 0 Å². The first-order valence-corrected chi connectivity index (χ1v) is 8.74. The van der Waals surface area contributed by atoms with Crippen molar-refractivity contribution in [2.24, 2.45) is 0 Å². The maximum Gasteiger partial charge on any atom is 0.0701 e. The molecule has 0 amide bonds. The molecule has 0 heterocycles. The Balaban J connectivity index is 2.89. The number of rotatable bonds is 17. The van der Waals surface area contributed by atoms with Gasteiger partial charge in [-0.3, -0.25) is 0 Å². The SMILES string of the molecule is CCCCCCOCCOCCOCCCCCCCl. The molecule has 0 fully saturated rings. The maximum absolute atomic E-state index is 5.61. The lowest BCUT2D eigenvalue weighted by Crippen LogP contribution is -2.10. The average molecular weight is 309 g/mol. The molecule has 0 aromatic carbocycles. The lowest BCUT2D eigenvalue weighted by Gasteiger charge is -2.06. The maximum atomic E-state index is 5.61. The Kier molecular flexibility index (Phi) is 19.3. The molecular weight excluding hydrogens is 276 g/mol. The zero-order valence-corrected chi connectivity index (χ0v) is 14.0. The highest BCUT2D eigenvalue weighted by atomic mass is 35.5. The first-order valence-electron chi connectivity index (χ1n) is 8.21. The van der Waals surface area contributed by atoms with E-state index in [9.17, 15) is 0 Å². The van der Waals surface area contributed by atoms with Crippen molar-refractivity contribution in [3.63, 3.8) is 0 Å². The molecule has 0 atom stereocenters. The lowest BCUT2D eigenvalue weighted by molar-refractivity contribution is 0.0132. The van der Waals surface area contributed by atoms with Gasteiger partial charge in [0, 0.05) is 19.1 Å². The fraction of sp³-hybridized carbons (Fsp3) is 1.00. The molecule has 0 radical (unpaired) electrons. The van der Waals surface area contributed by atoms with Gasteiger partial charge < -0.3 is 14.2 Å². The molecule has 0 saturated carbocycles. The molecule has 0 saturated heterocycles. The van der Waals surface area contributed by atoms with Gasteiger partial charge in [0.1, 0.15) is 0 Å². The normalized spacial score (nSPS) is 11.1. The second-order valence-corrected chi connectivity index (χ2v) is 5.38. The van der Waals surface area contributed by atoms with E-state index in [2.05, 4.69) is 6.92 Å². The van der Waals surface area contributed by atoms with Crippen molar-refractivity contribution >= 4 is 11.6 Å². The molecule has 0 spiro atoms. The van der Waals surface area contributed by atoms with Crippen LogP contribution in [-0.4, -0.2) is 45.5 Å². The van der Waals surface area contributed by atoms with Crippen LogP contribution in [0.3, 0.4) is 0 Å². The van der Waals surface area contributed by atoms with Crippen molar-refractivity contribution in [1.29, 1.82) is 0 Å². The molecule has 0 bridgehead atoms. The van der Waals surface area contributed by atoms with E-state index in [-0.39, 0.29) is 0 Å². The standard InChI is InChI=1S/C16H33ClO3/c1-2-3-4-8-11-18-13-15-20-16-14-19-12-9-6-5-7-10-17/h2-16H2,1H3. The van der Waals surface area contributed by atoms with Crippen LogP contribution in [0.1, 0.15) is 58.3 Å². The molecule has 0 aliphatic heterocycles. The molecule has 0 aliphatic carbocycles. The van der Waals surface area contributed by atoms with Crippen LogP contribution in [0.25, 0.3) is 0 Å². The van der Waals surface area contributed by atoms with Crippen LogP contribution in [0.4, 0.5) is 0 Å². The highest BCUT2D eigenvalue weighted by molar-refractivity contribution is 6.17. The number of hydrogen-bond donors (Lipinski definition) is 0. The molecule has 4 heteroatoms. The van der Waals surface area contributed by atoms with Gasteiger partial charge in [0.2, 0.25) is 0 Å². The molecule has 0 rings (SSSR count). The van der Waals surface area contributed by atoms with Crippen molar-refractivity contribution in [1.82, 2.24) is 0 Å². The molecule has 20 heavy (non-hydrogen) atoms. The van der Waals surface area contributed by atoms with E-state index in [0.717, 1.165) is 31.9 Å². The van der Waals surface area contributed by atoms with E-state index in [1.165, 1.54) is 38.5 Å². The van der Waals surface area contributed by atoms with Crippen LogP contribution >= 0.6 is 11.6 Å². The number of halogens is 1. The Morgan fingerprint density at radius 2 is 1.00 bits per heavy atom. The largest absolute Gasteiger partial charge is 0.379 e. The second kappa shape index (κ2) is 19.2. The van der Waals surface area contributed by atoms with Crippen molar-refractivity contribution in [2.75, 3.05) is 45.5 Å². The van der Waals surface area contributed by atoms with Crippen molar-refractivity contribution in [3.8, 4) is 0 Å². The number of alkyl halides is 1. The highest BCUT2D eigenvalue weighted by Gasteiger charge is 1.93. The summed E-state index contributed by atoms with van der Waals surface area (Å²) in [7, 11) is 0. The summed E-state index contributed by atoms with van der Waals surface area (Å²) in [6, 6.07) is 0. The molecule has 0 aliphatic rings. The molecule has 0 aromatic heterocycles. The quantitative estimate of drug-likeness (QED) is 0.294. The van der Waals surface area contributed by atoms with E-state index in [0.29, 0.717) is 26.4 Å². The average Bonchev–Trinajstić information content (AvgIpc) is 2.47. The first-order chi connectivity index (χ1) is 9.91. The van der Waals surface area contributed by atoms with E-state index in [1.54, 1.807) is 0 Å². The molecule has 0 unspecified atom stereocenters. The van der Waals surface area contributed by atoms with Crippen molar-refractivity contribution < 1.29 is 14.2 Å². The van der Waals surface area contributed by atoms with Crippen molar-refractivity contribution in [3.05, 3.63) is 0 Å². The number of unbranched alkanes of at least 4 members (excludes halogenated alkanes) is 6. The minimum atomic E-state index is 0.668. The summed E-state index contributed by atoms with van der Waals surface area (Å²) in [5.74, 6) is 0.773. The highest BCUT2D eigenvalue weighted by Crippen LogP contribution is 2.01. The number of hydrogen-bond acceptors (Lipinski definition) is 3. The first kappa shape index (κ1) is 20.2. The summed E-state index contributed by atoms with van der Waals surface area (Å²) in [6.07, 6.45) is 9.68.